The Morgan fingerprint density at radius 1 is 1.25 bits per heavy atom. The van der Waals surface area contributed by atoms with Gasteiger partial charge < -0.3 is 14.4 Å². The van der Waals surface area contributed by atoms with Gasteiger partial charge in [0, 0.05) is 23.7 Å². The van der Waals surface area contributed by atoms with Crippen molar-refractivity contribution in [3.8, 4) is 11.7 Å². The van der Waals surface area contributed by atoms with Crippen LogP contribution in [0.4, 0.5) is 19.0 Å². The zero-order chi connectivity index (χ0) is 22.8. The molecule has 0 radical (unpaired) electrons. The number of aromatic nitrogens is 3. The molecule has 0 aliphatic carbocycles. The number of halogens is 3. The second kappa shape index (κ2) is 7.86. The largest absolute Gasteiger partial charge is 0.476 e. The van der Waals surface area contributed by atoms with Crippen molar-refractivity contribution in [3.63, 3.8) is 0 Å². The highest BCUT2D eigenvalue weighted by Crippen LogP contribution is 2.45. The van der Waals surface area contributed by atoms with E-state index in [0.29, 0.717) is 17.2 Å². The minimum atomic E-state index is -4.39. The second-order valence-electron chi connectivity index (χ2n) is 9.47. The Kier molecular flexibility index (Phi) is 5.95. The first-order valence-corrected chi connectivity index (χ1v) is 10.1. The van der Waals surface area contributed by atoms with Gasteiger partial charge in [0.05, 0.1) is 5.41 Å². The third-order valence-electron chi connectivity index (χ3n) is 5.90. The molecule has 1 fully saturated rings. The third kappa shape index (κ3) is 4.02. The van der Waals surface area contributed by atoms with Crippen molar-refractivity contribution in [2.75, 3.05) is 11.5 Å². The van der Waals surface area contributed by atoms with Gasteiger partial charge in [0.1, 0.15) is 18.0 Å². The molecule has 2 aliphatic rings. The maximum Gasteiger partial charge on any atom is 0.397 e. The van der Waals surface area contributed by atoms with E-state index in [2.05, 4.69) is 23.9 Å². The highest BCUT2D eigenvalue weighted by Gasteiger charge is 2.51. The van der Waals surface area contributed by atoms with Gasteiger partial charge in [0.15, 0.2) is 12.0 Å². The third-order valence-corrected chi connectivity index (χ3v) is 5.90. The zero-order valence-electron chi connectivity index (χ0n) is 18.5. The van der Waals surface area contributed by atoms with Crippen LogP contribution in [0.5, 0.6) is 5.88 Å². The average Bonchev–Trinajstić information content (AvgIpc) is 3.21. The molecular weight excluding hydrogens is 445 g/mol. The summed E-state index contributed by atoms with van der Waals surface area (Å²) in [4.78, 5) is 19.2. The number of rotatable bonds is 4. The van der Waals surface area contributed by atoms with E-state index < -0.39 is 24.2 Å². The van der Waals surface area contributed by atoms with Crippen LogP contribution < -0.4 is 9.64 Å². The van der Waals surface area contributed by atoms with Crippen molar-refractivity contribution in [3.05, 3.63) is 30.0 Å². The standard InChI is InChI=1S/C21H25F3N4O3.H2S/c1-12-10-20(4,5)28-16-13(18(29)31-17(12)28)6-7-14(25-16)27-9-8-15(26-27)30-11-19(2,3)21(22,23)24;/h6-9,12,17H,10-11H2,1-5H3;1H2/t12-,17?;/m0./s1. The Morgan fingerprint density at radius 3 is 2.59 bits per heavy atom. The summed E-state index contributed by atoms with van der Waals surface area (Å²) in [6.45, 7) is 7.77. The van der Waals surface area contributed by atoms with E-state index in [1.165, 1.54) is 10.7 Å². The van der Waals surface area contributed by atoms with E-state index in [4.69, 9.17) is 9.47 Å². The summed E-state index contributed by atoms with van der Waals surface area (Å²) >= 11 is 0. The zero-order valence-corrected chi connectivity index (χ0v) is 19.5. The molecule has 32 heavy (non-hydrogen) atoms. The number of pyridine rings is 1. The van der Waals surface area contributed by atoms with E-state index >= 15 is 0 Å². The van der Waals surface area contributed by atoms with Crippen molar-refractivity contribution in [2.45, 2.75) is 59.0 Å². The summed E-state index contributed by atoms with van der Waals surface area (Å²) in [5.41, 5.74) is -1.89. The van der Waals surface area contributed by atoms with Gasteiger partial charge in [0.25, 0.3) is 0 Å². The van der Waals surface area contributed by atoms with Gasteiger partial charge in [0.2, 0.25) is 5.88 Å². The topological polar surface area (TPSA) is 69.5 Å². The van der Waals surface area contributed by atoms with E-state index in [0.717, 1.165) is 20.3 Å². The molecule has 2 aromatic rings. The Morgan fingerprint density at radius 2 is 1.94 bits per heavy atom. The summed E-state index contributed by atoms with van der Waals surface area (Å²) < 4.78 is 51.4. The van der Waals surface area contributed by atoms with Gasteiger partial charge in [-0.3, -0.25) is 0 Å². The molecule has 11 heteroatoms. The van der Waals surface area contributed by atoms with Gasteiger partial charge in [-0.15, -0.1) is 5.10 Å². The Bertz CT molecular complexity index is 1020. The lowest BCUT2D eigenvalue weighted by Crippen LogP contribution is -2.49. The lowest BCUT2D eigenvalue weighted by atomic mass is 9.94. The maximum absolute atomic E-state index is 13.0. The molecule has 2 atom stereocenters. The first-order chi connectivity index (χ1) is 14.3. The molecule has 2 aliphatic heterocycles. The van der Waals surface area contributed by atoms with Crippen LogP contribution in [0.2, 0.25) is 0 Å². The predicted molar refractivity (Wildman–Crippen MR) is 117 cm³/mol. The smallest absolute Gasteiger partial charge is 0.397 e. The minimum absolute atomic E-state index is 0. The van der Waals surface area contributed by atoms with Crippen LogP contribution in [0.25, 0.3) is 5.82 Å². The summed E-state index contributed by atoms with van der Waals surface area (Å²) in [6.07, 6.45) is -2.38. The van der Waals surface area contributed by atoms with E-state index in [1.54, 1.807) is 18.3 Å². The molecule has 4 rings (SSSR count). The fourth-order valence-electron chi connectivity index (χ4n) is 4.09. The van der Waals surface area contributed by atoms with Gasteiger partial charge in [-0.05, 0) is 46.2 Å². The number of hydrogen-bond acceptors (Lipinski definition) is 6. The van der Waals surface area contributed by atoms with E-state index in [1.807, 2.05) is 11.8 Å². The van der Waals surface area contributed by atoms with Crippen LogP contribution in [0.1, 0.15) is 51.4 Å². The summed E-state index contributed by atoms with van der Waals surface area (Å²) in [5.74, 6) is 0.735. The monoisotopic (exact) mass is 472 g/mol. The lowest BCUT2D eigenvalue weighted by molar-refractivity contribution is -0.219. The van der Waals surface area contributed by atoms with E-state index in [9.17, 15) is 18.0 Å². The number of hydrogen-bond donors (Lipinski definition) is 0. The number of carbonyl (C=O) groups is 1. The number of nitrogens with zero attached hydrogens (tertiary/aromatic N) is 4. The normalized spacial score (nSPS) is 22.0. The number of esters is 1. The number of carbonyl (C=O) groups excluding carboxylic acids is 1. The molecule has 1 unspecified atom stereocenters. The average molecular weight is 473 g/mol. The fourth-order valence-corrected chi connectivity index (χ4v) is 4.09. The first-order valence-electron chi connectivity index (χ1n) is 10.1. The Labute approximate surface area is 191 Å². The molecule has 2 aromatic heterocycles. The van der Waals surface area contributed by atoms with Crippen molar-refractivity contribution in [2.24, 2.45) is 11.3 Å². The molecule has 0 N–H and O–H groups in total. The molecule has 4 heterocycles. The second-order valence-corrected chi connectivity index (χ2v) is 9.47. The van der Waals surface area contributed by atoms with E-state index in [-0.39, 0.29) is 37.1 Å². The van der Waals surface area contributed by atoms with Crippen LogP contribution >= 0.6 is 13.5 Å². The Hall–Kier alpha value is -2.43. The van der Waals surface area contributed by atoms with Crippen LogP contribution in [0, 0.1) is 11.3 Å². The van der Waals surface area contributed by atoms with Crippen molar-refractivity contribution in [1.29, 1.82) is 0 Å². The van der Waals surface area contributed by atoms with Gasteiger partial charge >= 0.3 is 12.1 Å². The molecule has 0 saturated carbocycles. The summed E-state index contributed by atoms with van der Waals surface area (Å²) in [5, 5.41) is 4.20. The highest BCUT2D eigenvalue weighted by molar-refractivity contribution is 7.59. The number of alkyl halides is 3. The molecule has 0 aromatic carbocycles. The summed E-state index contributed by atoms with van der Waals surface area (Å²) in [7, 11) is 0. The molecule has 0 amide bonds. The van der Waals surface area contributed by atoms with Gasteiger partial charge in [-0.2, -0.15) is 26.7 Å². The lowest BCUT2D eigenvalue weighted by Gasteiger charge is -2.40. The number of ether oxygens (including phenoxy) is 2. The highest BCUT2D eigenvalue weighted by atomic mass is 32.1. The number of anilines is 1. The molecule has 0 spiro atoms. The van der Waals surface area contributed by atoms with Gasteiger partial charge in [-0.25, -0.2) is 14.5 Å². The molecule has 0 bridgehead atoms. The predicted octanol–water partition coefficient (Wildman–Crippen LogP) is 4.47. The fraction of sp³-hybridized carbons (Fsp3) is 0.571. The van der Waals surface area contributed by atoms with Crippen molar-refractivity contribution in [1.82, 2.24) is 14.8 Å². The van der Waals surface area contributed by atoms with Crippen LogP contribution in [0.15, 0.2) is 24.4 Å². The van der Waals surface area contributed by atoms with Crippen LogP contribution in [-0.4, -0.2) is 45.3 Å². The van der Waals surface area contributed by atoms with Crippen molar-refractivity contribution >= 4 is 25.3 Å². The minimum Gasteiger partial charge on any atom is -0.476 e. The Balaban J connectivity index is 0.00000289. The quantitative estimate of drug-likeness (QED) is 0.612. The first kappa shape index (κ1) is 24.2. The van der Waals surface area contributed by atoms with Gasteiger partial charge in [-0.1, -0.05) is 6.92 Å². The molecule has 1 saturated heterocycles. The molecule has 176 valence electrons. The number of fused-ring (bicyclic) bond motifs is 3. The maximum atomic E-state index is 13.0. The SMILES string of the molecule is C[C@H]1CC(C)(C)N2c3nc(-n4ccc(OCC(C)(C)C(F)(F)F)n4)ccc3C(=O)OC12.S. The summed E-state index contributed by atoms with van der Waals surface area (Å²) in [6, 6.07) is 4.72. The van der Waals surface area contributed by atoms with Crippen LogP contribution in [-0.2, 0) is 4.74 Å². The molecular formula is C21H27F3N4O3S. The van der Waals surface area contributed by atoms with Crippen molar-refractivity contribution < 1.29 is 27.4 Å². The van der Waals surface area contributed by atoms with Crippen LogP contribution in [0.3, 0.4) is 0 Å². The molecule has 7 nitrogen and oxygen atoms in total.